The van der Waals surface area contributed by atoms with Gasteiger partial charge < -0.3 is 15.1 Å². The highest BCUT2D eigenvalue weighted by molar-refractivity contribution is 6.05. The Morgan fingerprint density at radius 2 is 1.94 bits per heavy atom. The quantitative estimate of drug-likeness (QED) is 0.723. The van der Waals surface area contributed by atoms with Gasteiger partial charge in [-0.05, 0) is 41.8 Å². The summed E-state index contributed by atoms with van der Waals surface area (Å²) in [6.45, 7) is 2.89. The molecule has 160 valence electrons. The lowest BCUT2D eigenvalue weighted by Crippen LogP contribution is -2.52. The second-order valence-corrected chi connectivity index (χ2v) is 8.67. The van der Waals surface area contributed by atoms with Crippen molar-refractivity contribution in [1.29, 1.82) is 0 Å². The minimum Gasteiger partial charge on any atom is -0.322 e. The van der Waals surface area contributed by atoms with Gasteiger partial charge in [0.15, 0.2) is 0 Å². The maximum atomic E-state index is 13.0. The van der Waals surface area contributed by atoms with Gasteiger partial charge in [0.2, 0.25) is 11.8 Å². The number of rotatable bonds is 5. The number of likely N-dealkylation sites (N-methyl/N-ethyl adjacent to an activating group) is 1. The summed E-state index contributed by atoms with van der Waals surface area (Å²) in [5.74, 6) is -0.766. The Kier molecular flexibility index (Phi) is 5.08. The Bertz CT molecular complexity index is 1070. The monoisotopic (exact) mass is 418 g/mol. The van der Waals surface area contributed by atoms with E-state index in [1.54, 1.807) is 4.90 Å². The second kappa shape index (κ2) is 7.90. The predicted molar refractivity (Wildman–Crippen MR) is 115 cm³/mol. The molecule has 7 nitrogen and oxygen atoms in total. The van der Waals surface area contributed by atoms with Gasteiger partial charge in [-0.3, -0.25) is 19.7 Å². The van der Waals surface area contributed by atoms with E-state index in [4.69, 9.17) is 0 Å². The third-order valence-corrected chi connectivity index (χ3v) is 6.58. The van der Waals surface area contributed by atoms with Gasteiger partial charge in [-0.2, -0.15) is 0 Å². The lowest BCUT2D eigenvalue weighted by atomic mass is 10.0. The van der Waals surface area contributed by atoms with E-state index in [1.165, 1.54) is 11.1 Å². The number of hydrogen-bond acceptors (Lipinski definition) is 5. The molecule has 7 heteroatoms. The number of piperidine rings is 1. The first kappa shape index (κ1) is 19.9. The Hall–Kier alpha value is -3.03. The van der Waals surface area contributed by atoms with Crippen LogP contribution >= 0.6 is 0 Å². The first-order chi connectivity index (χ1) is 15.0. The molecule has 2 atom stereocenters. The van der Waals surface area contributed by atoms with Crippen LogP contribution in [-0.4, -0.2) is 47.2 Å². The third-order valence-electron chi connectivity index (χ3n) is 6.58. The normalized spacial score (nSPS) is 22.6. The fraction of sp³-hybridized carbons (Fsp3) is 0.375. The molecule has 2 unspecified atom stereocenters. The van der Waals surface area contributed by atoms with E-state index in [9.17, 15) is 14.4 Å². The molecule has 31 heavy (non-hydrogen) atoms. The molecule has 3 heterocycles. The summed E-state index contributed by atoms with van der Waals surface area (Å²) in [6.07, 6.45) is 0.647. The van der Waals surface area contributed by atoms with Crippen LogP contribution in [0, 0.1) is 0 Å². The zero-order valence-corrected chi connectivity index (χ0v) is 17.6. The first-order valence-electron chi connectivity index (χ1n) is 10.8. The number of carbonyl (C=O) groups excluding carboxylic acids is 3. The SMILES string of the molecule is CN(Cc1cccc2c1CN(C1CCC(=O)NC1=O)C2=O)CC1NCc2ccccc21. The Labute approximate surface area is 181 Å². The fourth-order valence-electron chi connectivity index (χ4n) is 5.01. The zero-order chi connectivity index (χ0) is 21.5. The minimum absolute atomic E-state index is 0.125. The number of amides is 3. The molecule has 3 aliphatic rings. The lowest BCUT2D eigenvalue weighted by Gasteiger charge is -2.29. The predicted octanol–water partition coefficient (Wildman–Crippen LogP) is 1.72. The van der Waals surface area contributed by atoms with Crippen LogP contribution in [0.1, 0.15) is 51.5 Å². The average molecular weight is 418 g/mol. The van der Waals surface area contributed by atoms with Crippen LogP contribution in [0.25, 0.3) is 0 Å². The Morgan fingerprint density at radius 1 is 1.10 bits per heavy atom. The summed E-state index contributed by atoms with van der Waals surface area (Å²) in [5, 5.41) is 5.94. The molecule has 0 aliphatic carbocycles. The number of imide groups is 1. The van der Waals surface area contributed by atoms with Crippen molar-refractivity contribution >= 4 is 17.7 Å². The fourth-order valence-corrected chi connectivity index (χ4v) is 5.01. The highest BCUT2D eigenvalue weighted by Crippen LogP contribution is 2.31. The van der Waals surface area contributed by atoms with Crippen molar-refractivity contribution in [2.45, 2.75) is 44.6 Å². The molecule has 1 fully saturated rings. The molecule has 0 radical (unpaired) electrons. The summed E-state index contributed by atoms with van der Waals surface area (Å²) >= 11 is 0. The van der Waals surface area contributed by atoms with Crippen molar-refractivity contribution in [3.63, 3.8) is 0 Å². The number of carbonyl (C=O) groups is 3. The highest BCUT2D eigenvalue weighted by Gasteiger charge is 2.39. The third kappa shape index (κ3) is 3.64. The molecular formula is C24H26N4O3. The molecule has 1 saturated heterocycles. The molecule has 5 rings (SSSR count). The Morgan fingerprint density at radius 3 is 2.77 bits per heavy atom. The van der Waals surface area contributed by atoms with Crippen molar-refractivity contribution in [3.05, 3.63) is 70.3 Å². The van der Waals surface area contributed by atoms with E-state index in [0.29, 0.717) is 24.6 Å². The maximum Gasteiger partial charge on any atom is 0.255 e. The number of nitrogens with zero attached hydrogens (tertiary/aromatic N) is 2. The van der Waals surface area contributed by atoms with Crippen LogP contribution in [0.2, 0.25) is 0 Å². The van der Waals surface area contributed by atoms with Gasteiger partial charge in [-0.25, -0.2) is 0 Å². The molecule has 0 spiro atoms. The van der Waals surface area contributed by atoms with Crippen LogP contribution in [0.3, 0.4) is 0 Å². The number of nitrogens with one attached hydrogen (secondary N) is 2. The number of fused-ring (bicyclic) bond motifs is 2. The van der Waals surface area contributed by atoms with Gasteiger partial charge in [0, 0.05) is 44.2 Å². The number of hydrogen-bond donors (Lipinski definition) is 2. The summed E-state index contributed by atoms with van der Waals surface area (Å²) in [7, 11) is 2.09. The van der Waals surface area contributed by atoms with Gasteiger partial charge in [-0.15, -0.1) is 0 Å². The lowest BCUT2D eigenvalue weighted by molar-refractivity contribution is -0.136. The first-order valence-corrected chi connectivity index (χ1v) is 10.8. The number of benzene rings is 2. The van der Waals surface area contributed by atoms with Crippen molar-refractivity contribution in [2.75, 3.05) is 13.6 Å². The Balaban J connectivity index is 1.30. The molecule has 3 amide bonds. The highest BCUT2D eigenvalue weighted by atomic mass is 16.2. The minimum atomic E-state index is -0.581. The van der Waals surface area contributed by atoms with E-state index >= 15 is 0 Å². The van der Waals surface area contributed by atoms with Crippen molar-refractivity contribution < 1.29 is 14.4 Å². The van der Waals surface area contributed by atoms with Gasteiger partial charge in [0.05, 0.1) is 0 Å². The van der Waals surface area contributed by atoms with E-state index in [2.05, 4.69) is 52.9 Å². The molecule has 3 aliphatic heterocycles. The molecule has 0 saturated carbocycles. The van der Waals surface area contributed by atoms with E-state index in [-0.39, 0.29) is 24.1 Å². The van der Waals surface area contributed by atoms with E-state index < -0.39 is 6.04 Å². The van der Waals surface area contributed by atoms with Crippen molar-refractivity contribution in [2.24, 2.45) is 0 Å². The van der Waals surface area contributed by atoms with E-state index in [1.807, 2.05) is 12.1 Å². The van der Waals surface area contributed by atoms with Gasteiger partial charge >= 0.3 is 0 Å². The zero-order valence-electron chi connectivity index (χ0n) is 17.6. The topological polar surface area (TPSA) is 81.8 Å². The smallest absolute Gasteiger partial charge is 0.255 e. The molecule has 0 aromatic heterocycles. The van der Waals surface area contributed by atoms with Crippen LogP contribution in [0.4, 0.5) is 0 Å². The van der Waals surface area contributed by atoms with Gasteiger partial charge in [0.25, 0.3) is 5.91 Å². The second-order valence-electron chi connectivity index (χ2n) is 8.67. The molecule has 2 aromatic carbocycles. The van der Waals surface area contributed by atoms with Gasteiger partial charge in [0.1, 0.15) is 6.04 Å². The summed E-state index contributed by atoms with van der Waals surface area (Å²) < 4.78 is 0. The molecular weight excluding hydrogens is 392 g/mol. The summed E-state index contributed by atoms with van der Waals surface area (Å²) in [4.78, 5) is 40.7. The van der Waals surface area contributed by atoms with Crippen molar-refractivity contribution in [1.82, 2.24) is 20.4 Å². The maximum absolute atomic E-state index is 13.0. The van der Waals surface area contributed by atoms with Crippen LogP contribution in [0.15, 0.2) is 42.5 Å². The standard InChI is InChI=1S/C24H26N4O3/c1-27(14-20-17-7-3-2-5-15(17)11-25-20)12-16-6-4-8-18-19(16)13-28(24(18)31)21-9-10-22(29)26-23(21)30/h2-8,20-21,25H,9-14H2,1H3,(H,26,29,30). The van der Waals surface area contributed by atoms with Crippen molar-refractivity contribution in [3.8, 4) is 0 Å². The summed E-state index contributed by atoms with van der Waals surface area (Å²) in [5.41, 5.74) is 5.47. The van der Waals surface area contributed by atoms with Crippen LogP contribution < -0.4 is 10.6 Å². The molecule has 2 N–H and O–H groups in total. The average Bonchev–Trinajstić information content (AvgIpc) is 3.30. The van der Waals surface area contributed by atoms with Crippen LogP contribution in [0.5, 0.6) is 0 Å². The van der Waals surface area contributed by atoms with Gasteiger partial charge in [-0.1, -0.05) is 36.4 Å². The van der Waals surface area contributed by atoms with Crippen LogP contribution in [-0.2, 0) is 29.2 Å². The molecule has 0 bridgehead atoms. The summed E-state index contributed by atoms with van der Waals surface area (Å²) in [6, 6.07) is 14.0. The largest absolute Gasteiger partial charge is 0.322 e. The molecule has 2 aromatic rings. The van der Waals surface area contributed by atoms with E-state index in [0.717, 1.165) is 30.8 Å².